The largest absolute Gasteiger partial charge is 0.352 e. The van der Waals surface area contributed by atoms with Crippen LogP contribution >= 0.6 is 23.2 Å². The second kappa shape index (κ2) is 14.6. The Kier molecular flexibility index (Phi) is 10.9. The van der Waals surface area contributed by atoms with Gasteiger partial charge in [0.15, 0.2) is 0 Å². The van der Waals surface area contributed by atoms with Gasteiger partial charge in [0.25, 0.3) is 10.0 Å². The highest BCUT2D eigenvalue weighted by atomic mass is 35.5. The Balaban J connectivity index is 1.80. The maximum atomic E-state index is 14.4. The van der Waals surface area contributed by atoms with Crippen LogP contribution in [0.5, 0.6) is 0 Å². The zero-order chi connectivity index (χ0) is 31.0. The topological polar surface area (TPSA) is 86.8 Å². The Morgan fingerprint density at radius 1 is 0.791 bits per heavy atom. The number of benzene rings is 4. The highest BCUT2D eigenvalue weighted by Crippen LogP contribution is 2.27. The lowest BCUT2D eigenvalue weighted by molar-refractivity contribution is -0.140. The second-order valence-corrected chi connectivity index (χ2v) is 13.0. The molecule has 4 rings (SSSR count). The van der Waals surface area contributed by atoms with Gasteiger partial charge in [0, 0.05) is 29.1 Å². The summed E-state index contributed by atoms with van der Waals surface area (Å²) in [5.74, 6) is -0.933. The van der Waals surface area contributed by atoms with E-state index in [0.717, 1.165) is 9.87 Å². The standard InChI is InChI=1S/C33H33Cl2N3O4S/c1-24(2)36-33(40)31(21-25-11-5-3-6-12-25)37(22-26-13-9-10-16-30(26)35)32(39)23-38(28-19-17-27(34)18-20-28)43(41,42)29-14-7-4-8-15-29/h3-20,24,31H,21-23H2,1-2H3,(H,36,40)/t31-/m0/s1. The van der Waals surface area contributed by atoms with E-state index in [0.29, 0.717) is 15.6 Å². The first-order chi connectivity index (χ1) is 20.6. The van der Waals surface area contributed by atoms with Crippen molar-refractivity contribution in [3.8, 4) is 0 Å². The van der Waals surface area contributed by atoms with Crippen molar-refractivity contribution in [3.63, 3.8) is 0 Å². The van der Waals surface area contributed by atoms with Gasteiger partial charge in [-0.05, 0) is 67.4 Å². The van der Waals surface area contributed by atoms with Crippen molar-refractivity contribution in [3.05, 3.63) is 130 Å². The number of sulfonamides is 1. The molecule has 0 aromatic heterocycles. The van der Waals surface area contributed by atoms with E-state index in [-0.39, 0.29) is 35.5 Å². The Morgan fingerprint density at radius 2 is 1.37 bits per heavy atom. The molecule has 0 unspecified atom stereocenters. The fourth-order valence-corrected chi connectivity index (χ4v) is 6.36. The van der Waals surface area contributed by atoms with E-state index < -0.39 is 28.5 Å². The highest BCUT2D eigenvalue weighted by Gasteiger charge is 2.35. The van der Waals surface area contributed by atoms with Crippen molar-refractivity contribution in [1.82, 2.24) is 10.2 Å². The number of carbonyl (C=O) groups excluding carboxylic acids is 2. The number of hydrogen-bond acceptors (Lipinski definition) is 4. The summed E-state index contributed by atoms with van der Waals surface area (Å²) in [6.45, 7) is 3.10. The van der Waals surface area contributed by atoms with Crippen LogP contribution in [0.4, 0.5) is 5.69 Å². The molecule has 0 fully saturated rings. The molecule has 1 N–H and O–H groups in total. The number of amides is 2. The lowest BCUT2D eigenvalue weighted by Gasteiger charge is -2.34. The normalized spacial score (nSPS) is 12.0. The average Bonchev–Trinajstić information content (AvgIpc) is 2.99. The fourth-order valence-electron chi connectivity index (χ4n) is 4.60. The SMILES string of the molecule is CC(C)NC(=O)[C@H](Cc1ccccc1)N(Cc1ccccc1Cl)C(=O)CN(c1ccc(Cl)cc1)S(=O)(=O)c1ccccc1. The number of halogens is 2. The molecule has 2 amide bonds. The van der Waals surface area contributed by atoms with Crippen LogP contribution in [0, 0.1) is 0 Å². The van der Waals surface area contributed by atoms with Gasteiger partial charge in [0.05, 0.1) is 10.6 Å². The van der Waals surface area contributed by atoms with Crippen LogP contribution in [0.25, 0.3) is 0 Å². The predicted molar refractivity (Wildman–Crippen MR) is 172 cm³/mol. The minimum Gasteiger partial charge on any atom is -0.352 e. The summed E-state index contributed by atoms with van der Waals surface area (Å²) in [6, 6.07) is 29.4. The van der Waals surface area contributed by atoms with Crippen LogP contribution in [-0.4, -0.2) is 43.8 Å². The summed E-state index contributed by atoms with van der Waals surface area (Å²) in [4.78, 5) is 29.5. The zero-order valence-corrected chi connectivity index (χ0v) is 26.2. The zero-order valence-electron chi connectivity index (χ0n) is 23.9. The number of hydrogen-bond donors (Lipinski definition) is 1. The molecule has 0 heterocycles. The van der Waals surface area contributed by atoms with Crippen LogP contribution in [0.1, 0.15) is 25.0 Å². The van der Waals surface area contributed by atoms with Gasteiger partial charge in [-0.15, -0.1) is 0 Å². The van der Waals surface area contributed by atoms with Crippen molar-refractivity contribution < 1.29 is 18.0 Å². The van der Waals surface area contributed by atoms with Gasteiger partial charge in [-0.2, -0.15) is 0 Å². The molecule has 0 bridgehead atoms. The van der Waals surface area contributed by atoms with Gasteiger partial charge < -0.3 is 10.2 Å². The number of rotatable bonds is 12. The van der Waals surface area contributed by atoms with E-state index in [4.69, 9.17) is 23.2 Å². The smallest absolute Gasteiger partial charge is 0.264 e. The minimum absolute atomic E-state index is 0.0125. The number of nitrogens with zero attached hydrogens (tertiary/aromatic N) is 2. The van der Waals surface area contributed by atoms with Crippen molar-refractivity contribution in [2.45, 2.75) is 43.8 Å². The molecule has 43 heavy (non-hydrogen) atoms. The Bertz CT molecular complexity index is 1630. The monoisotopic (exact) mass is 637 g/mol. The fraction of sp³-hybridized carbons (Fsp3) is 0.212. The van der Waals surface area contributed by atoms with Crippen LogP contribution in [0.3, 0.4) is 0 Å². The first-order valence-corrected chi connectivity index (χ1v) is 16.0. The molecule has 224 valence electrons. The summed E-state index contributed by atoms with van der Waals surface area (Å²) in [5, 5.41) is 3.78. The minimum atomic E-state index is -4.18. The summed E-state index contributed by atoms with van der Waals surface area (Å²) in [5.41, 5.74) is 1.72. The molecule has 4 aromatic rings. The molecular formula is C33H33Cl2N3O4S. The predicted octanol–water partition coefficient (Wildman–Crippen LogP) is 6.35. The molecule has 0 aliphatic carbocycles. The van der Waals surface area contributed by atoms with E-state index in [1.54, 1.807) is 66.7 Å². The molecule has 0 saturated carbocycles. The number of anilines is 1. The van der Waals surface area contributed by atoms with Crippen LogP contribution < -0.4 is 9.62 Å². The summed E-state index contributed by atoms with van der Waals surface area (Å²) in [6.07, 6.45) is 0.210. The van der Waals surface area contributed by atoms with Gasteiger partial charge in [-0.3, -0.25) is 13.9 Å². The molecule has 0 radical (unpaired) electrons. The molecular weight excluding hydrogens is 605 g/mol. The van der Waals surface area contributed by atoms with Gasteiger partial charge in [-0.1, -0.05) is 89.9 Å². The van der Waals surface area contributed by atoms with E-state index in [2.05, 4.69) is 5.32 Å². The van der Waals surface area contributed by atoms with Crippen molar-refractivity contribution in [2.75, 3.05) is 10.8 Å². The Hall–Kier alpha value is -3.85. The molecule has 4 aromatic carbocycles. The van der Waals surface area contributed by atoms with Crippen LogP contribution in [0.15, 0.2) is 114 Å². The lowest BCUT2D eigenvalue weighted by atomic mass is 10.0. The van der Waals surface area contributed by atoms with E-state index in [1.807, 2.05) is 44.2 Å². The van der Waals surface area contributed by atoms with Crippen molar-refractivity contribution in [1.29, 1.82) is 0 Å². The Morgan fingerprint density at radius 3 is 1.98 bits per heavy atom. The molecule has 0 aliphatic rings. The van der Waals surface area contributed by atoms with Gasteiger partial charge in [0.2, 0.25) is 11.8 Å². The van der Waals surface area contributed by atoms with Crippen molar-refractivity contribution >= 4 is 50.7 Å². The average molecular weight is 639 g/mol. The summed E-state index contributed by atoms with van der Waals surface area (Å²) >= 11 is 12.6. The van der Waals surface area contributed by atoms with E-state index in [9.17, 15) is 18.0 Å². The van der Waals surface area contributed by atoms with Crippen LogP contribution in [0.2, 0.25) is 10.0 Å². The van der Waals surface area contributed by atoms with Gasteiger partial charge in [0.1, 0.15) is 12.6 Å². The number of nitrogens with one attached hydrogen (secondary N) is 1. The van der Waals surface area contributed by atoms with Crippen LogP contribution in [-0.2, 0) is 32.6 Å². The van der Waals surface area contributed by atoms with Gasteiger partial charge in [-0.25, -0.2) is 8.42 Å². The summed E-state index contributed by atoms with van der Waals surface area (Å²) < 4.78 is 28.9. The second-order valence-electron chi connectivity index (χ2n) is 10.3. The lowest BCUT2D eigenvalue weighted by Crippen LogP contribution is -2.54. The van der Waals surface area contributed by atoms with E-state index in [1.165, 1.54) is 17.0 Å². The van der Waals surface area contributed by atoms with Gasteiger partial charge >= 0.3 is 0 Å². The molecule has 0 saturated heterocycles. The third-order valence-electron chi connectivity index (χ3n) is 6.73. The number of carbonyl (C=O) groups is 2. The third-order valence-corrected chi connectivity index (χ3v) is 9.13. The molecule has 10 heteroatoms. The van der Waals surface area contributed by atoms with E-state index >= 15 is 0 Å². The maximum absolute atomic E-state index is 14.4. The molecule has 1 atom stereocenters. The first kappa shape index (κ1) is 32.1. The van der Waals surface area contributed by atoms with Crippen molar-refractivity contribution in [2.24, 2.45) is 0 Å². The third kappa shape index (κ3) is 8.38. The molecule has 0 aliphatic heterocycles. The quantitative estimate of drug-likeness (QED) is 0.196. The Labute approximate surface area is 263 Å². The highest BCUT2D eigenvalue weighted by molar-refractivity contribution is 7.92. The first-order valence-electron chi connectivity index (χ1n) is 13.8. The molecule has 7 nitrogen and oxygen atoms in total. The summed E-state index contributed by atoms with van der Waals surface area (Å²) in [7, 11) is -4.18. The maximum Gasteiger partial charge on any atom is 0.264 e. The molecule has 0 spiro atoms.